The highest BCUT2D eigenvalue weighted by atomic mass is 32.1. The van der Waals surface area contributed by atoms with Gasteiger partial charge >= 0.3 is 0 Å². The summed E-state index contributed by atoms with van der Waals surface area (Å²) in [6.45, 7) is 4.28. The average molecular weight is 178 g/mol. The third kappa shape index (κ3) is 1.03. The van der Waals surface area contributed by atoms with E-state index in [9.17, 15) is 0 Å². The maximum atomic E-state index is 2.24. The summed E-state index contributed by atoms with van der Waals surface area (Å²) in [5, 5.41) is 1.36. The molecule has 0 saturated heterocycles. The number of benzene rings is 1. The molecule has 1 heterocycles. The number of thiazole rings is 1. The zero-order valence-corrected chi connectivity index (χ0v) is 8.40. The van der Waals surface area contributed by atoms with Gasteiger partial charge in [0, 0.05) is 13.0 Å². The minimum Gasteiger partial charge on any atom is -0.189 e. The molecule has 0 amide bonds. The molecule has 0 bridgehead atoms. The third-order valence-electron chi connectivity index (χ3n) is 2.21. The number of aryl methyl sites for hydroxylation is 3. The van der Waals surface area contributed by atoms with Crippen LogP contribution in [0.4, 0.5) is 0 Å². The SMILES string of the molecule is Cc1ccc2sc(C)[n+](C)c2c1. The van der Waals surface area contributed by atoms with Gasteiger partial charge in [-0.15, -0.1) is 0 Å². The van der Waals surface area contributed by atoms with Crippen molar-refractivity contribution >= 4 is 21.6 Å². The minimum absolute atomic E-state index is 1.33. The number of hydrogen-bond acceptors (Lipinski definition) is 1. The first-order valence-electron chi connectivity index (χ1n) is 4.04. The predicted molar refractivity (Wildman–Crippen MR) is 52.5 cm³/mol. The molecule has 0 aliphatic carbocycles. The van der Waals surface area contributed by atoms with Gasteiger partial charge in [0.05, 0.1) is 0 Å². The maximum absolute atomic E-state index is 2.24. The van der Waals surface area contributed by atoms with Crippen LogP contribution in [0.25, 0.3) is 10.2 Å². The highest BCUT2D eigenvalue weighted by Crippen LogP contribution is 2.19. The maximum Gasteiger partial charge on any atom is 0.234 e. The molecule has 0 aliphatic rings. The fourth-order valence-corrected chi connectivity index (χ4v) is 2.36. The van der Waals surface area contributed by atoms with Crippen LogP contribution in [0.15, 0.2) is 18.2 Å². The van der Waals surface area contributed by atoms with Crippen molar-refractivity contribution in [2.75, 3.05) is 0 Å². The van der Waals surface area contributed by atoms with Crippen molar-refractivity contribution in [1.29, 1.82) is 0 Å². The second-order valence-corrected chi connectivity index (χ2v) is 4.39. The lowest BCUT2D eigenvalue weighted by atomic mass is 10.2. The summed E-state index contributed by atoms with van der Waals surface area (Å²) in [4.78, 5) is 0. The lowest BCUT2D eigenvalue weighted by molar-refractivity contribution is -0.646. The van der Waals surface area contributed by atoms with Crippen LogP contribution in [-0.2, 0) is 7.05 Å². The van der Waals surface area contributed by atoms with Crippen LogP contribution >= 0.6 is 11.3 Å². The fourth-order valence-electron chi connectivity index (χ4n) is 1.37. The Kier molecular flexibility index (Phi) is 1.65. The van der Waals surface area contributed by atoms with Gasteiger partial charge in [0.25, 0.3) is 0 Å². The van der Waals surface area contributed by atoms with E-state index in [1.165, 1.54) is 20.8 Å². The van der Waals surface area contributed by atoms with Crippen molar-refractivity contribution in [3.63, 3.8) is 0 Å². The van der Waals surface area contributed by atoms with Gasteiger partial charge in [0.1, 0.15) is 11.7 Å². The van der Waals surface area contributed by atoms with Gasteiger partial charge in [-0.1, -0.05) is 17.4 Å². The average Bonchev–Trinajstić information content (AvgIpc) is 2.31. The van der Waals surface area contributed by atoms with Gasteiger partial charge in [-0.3, -0.25) is 0 Å². The largest absolute Gasteiger partial charge is 0.234 e. The van der Waals surface area contributed by atoms with Gasteiger partial charge in [-0.05, 0) is 18.6 Å². The van der Waals surface area contributed by atoms with Gasteiger partial charge in [-0.2, -0.15) is 4.57 Å². The molecule has 0 saturated carbocycles. The molecule has 2 rings (SSSR count). The Labute approximate surface area is 76.3 Å². The summed E-state index contributed by atoms with van der Waals surface area (Å²) in [5.74, 6) is 0. The zero-order valence-electron chi connectivity index (χ0n) is 7.59. The Bertz CT molecular complexity index is 429. The molecular formula is C10H12NS+. The quantitative estimate of drug-likeness (QED) is 0.545. The molecule has 2 heteroatoms. The standard InChI is InChI=1S/C10H12NS/c1-7-4-5-10-9(6-7)11(3)8(2)12-10/h4-6H,1-3H3/q+1. The number of hydrogen-bond donors (Lipinski definition) is 0. The van der Waals surface area contributed by atoms with Crippen molar-refractivity contribution in [1.82, 2.24) is 0 Å². The number of nitrogens with zero attached hydrogens (tertiary/aromatic N) is 1. The van der Waals surface area contributed by atoms with E-state index in [0.29, 0.717) is 0 Å². The first kappa shape index (κ1) is 7.74. The fraction of sp³-hybridized carbons (Fsp3) is 0.300. The summed E-state index contributed by atoms with van der Waals surface area (Å²) in [6, 6.07) is 6.60. The molecule has 12 heavy (non-hydrogen) atoms. The molecule has 1 aromatic heterocycles. The van der Waals surface area contributed by atoms with Crippen molar-refractivity contribution in [2.24, 2.45) is 7.05 Å². The van der Waals surface area contributed by atoms with Crippen LogP contribution in [0.5, 0.6) is 0 Å². The summed E-state index contributed by atoms with van der Waals surface area (Å²) in [5.41, 5.74) is 2.67. The Hall–Kier alpha value is -0.890. The van der Waals surface area contributed by atoms with Crippen molar-refractivity contribution in [3.8, 4) is 0 Å². The lowest BCUT2D eigenvalue weighted by Crippen LogP contribution is -2.28. The molecule has 0 N–H and O–H groups in total. The Morgan fingerprint density at radius 3 is 2.75 bits per heavy atom. The predicted octanol–water partition coefficient (Wildman–Crippen LogP) is 2.34. The molecule has 1 nitrogen and oxygen atoms in total. The van der Waals surface area contributed by atoms with Gasteiger partial charge in [0.2, 0.25) is 10.5 Å². The molecular weight excluding hydrogens is 166 g/mol. The van der Waals surface area contributed by atoms with Crippen LogP contribution in [0.3, 0.4) is 0 Å². The Morgan fingerprint density at radius 1 is 1.25 bits per heavy atom. The summed E-state index contributed by atoms with van der Waals surface area (Å²) in [7, 11) is 2.12. The van der Waals surface area contributed by atoms with Crippen LogP contribution in [0.1, 0.15) is 10.6 Å². The van der Waals surface area contributed by atoms with E-state index >= 15 is 0 Å². The van der Waals surface area contributed by atoms with Crippen molar-refractivity contribution in [3.05, 3.63) is 28.8 Å². The van der Waals surface area contributed by atoms with E-state index in [2.05, 4.69) is 43.7 Å². The molecule has 0 spiro atoms. The highest BCUT2D eigenvalue weighted by Gasteiger charge is 2.11. The minimum atomic E-state index is 1.33. The first-order valence-corrected chi connectivity index (χ1v) is 4.86. The highest BCUT2D eigenvalue weighted by molar-refractivity contribution is 7.18. The molecule has 0 aliphatic heterocycles. The van der Waals surface area contributed by atoms with E-state index in [-0.39, 0.29) is 0 Å². The molecule has 0 atom stereocenters. The van der Waals surface area contributed by atoms with E-state index in [4.69, 9.17) is 0 Å². The van der Waals surface area contributed by atoms with E-state index in [1.807, 2.05) is 11.3 Å². The van der Waals surface area contributed by atoms with Crippen LogP contribution in [-0.4, -0.2) is 0 Å². The summed E-state index contributed by atoms with van der Waals surface area (Å²) < 4.78 is 3.62. The Balaban J connectivity index is 2.88. The van der Waals surface area contributed by atoms with Crippen LogP contribution < -0.4 is 4.57 Å². The molecule has 1 aromatic carbocycles. The second kappa shape index (κ2) is 2.56. The van der Waals surface area contributed by atoms with E-state index in [1.54, 1.807) is 0 Å². The van der Waals surface area contributed by atoms with Crippen LogP contribution in [0.2, 0.25) is 0 Å². The third-order valence-corrected chi connectivity index (χ3v) is 3.34. The van der Waals surface area contributed by atoms with Crippen molar-refractivity contribution < 1.29 is 4.57 Å². The number of rotatable bonds is 0. The lowest BCUT2D eigenvalue weighted by Gasteiger charge is -1.88. The Morgan fingerprint density at radius 2 is 2.00 bits per heavy atom. The second-order valence-electron chi connectivity index (χ2n) is 3.15. The zero-order chi connectivity index (χ0) is 8.72. The van der Waals surface area contributed by atoms with Crippen LogP contribution in [0, 0.1) is 13.8 Å². The van der Waals surface area contributed by atoms with E-state index in [0.717, 1.165) is 0 Å². The van der Waals surface area contributed by atoms with Gasteiger partial charge in [-0.25, -0.2) is 0 Å². The van der Waals surface area contributed by atoms with Gasteiger partial charge in [0.15, 0.2) is 0 Å². The molecule has 0 unspecified atom stereocenters. The van der Waals surface area contributed by atoms with Gasteiger partial charge < -0.3 is 0 Å². The number of fused-ring (bicyclic) bond motifs is 1. The topological polar surface area (TPSA) is 3.88 Å². The molecule has 0 fully saturated rings. The normalized spacial score (nSPS) is 10.9. The van der Waals surface area contributed by atoms with E-state index < -0.39 is 0 Å². The molecule has 2 aromatic rings. The summed E-state index contributed by atoms with van der Waals surface area (Å²) in [6.07, 6.45) is 0. The monoisotopic (exact) mass is 178 g/mol. The summed E-state index contributed by atoms with van der Waals surface area (Å²) >= 11 is 1.85. The molecule has 0 radical (unpaired) electrons. The van der Waals surface area contributed by atoms with Crippen molar-refractivity contribution in [2.45, 2.75) is 13.8 Å². The molecule has 62 valence electrons. The first-order chi connectivity index (χ1) is 5.68. The number of aromatic nitrogens is 1. The smallest absolute Gasteiger partial charge is 0.189 e.